The van der Waals surface area contributed by atoms with E-state index in [0.29, 0.717) is 13.2 Å². The smallest absolute Gasteiger partial charge is 0.335 e. The number of fused-ring (bicyclic) bond motifs is 1. The quantitative estimate of drug-likeness (QED) is 0.452. The molecular formula is C25H22N2O4. The van der Waals surface area contributed by atoms with Crippen molar-refractivity contribution in [2.45, 2.75) is 19.7 Å². The second-order valence-corrected chi connectivity index (χ2v) is 7.22. The Morgan fingerprint density at radius 2 is 1.68 bits per heavy atom. The van der Waals surface area contributed by atoms with Crippen LogP contribution in [0, 0.1) is 0 Å². The second kappa shape index (κ2) is 9.17. The highest BCUT2D eigenvalue weighted by atomic mass is 16.5. The van der Waals surface area contributed by atoms with Crippen LogP contribution in [0.5, 0.6) is 5.75 Å². The molecule has 1 aromatic heterocycles. The van der Waals surface area contributed by atoms with Gasteiger partial charge in [-0.15, -0.1) is 0 Å². The first-order valence-corrected chi connectivity index (χ1v) is 9.93. The van der Waals surface area contributed by atoms with E-state index in [2.05, 4.69) is 5.32 Å². The minimum atomic E-state index is -0.970. The van der Waals surface area contributed by atoms with Crippen LogP contribution in [0.2, 0.25) is 0 Å². The molecule has 3 aromatic carbocycles. The van der Waals surface area contributed by atoms with E-state index in [4.69, 9.17) is 9.84 Å². The Balaban J connectivity index is 1.38. The molecule has 1 amide bonds. The number of carboxylic acid groups (broad SMARTS) is 1. The molecule has 0 fully saturated rings. The lowest BCUT2D eigenvalue weighted by Crippen LogP contribution is -2.26. The van der Waals surface area contributed by atoms with Crippen molar-refractivity contribution in [3.8, 4) is 5.75 Å². The molecule has 0 atom stereocenters. The number of carboxylic acids is 1. The van der Waals surface area contributed by atoms with E-state index in [-0.39, 0.29) is 18.0 Å². The molecular weight excluding hydrogens is 392 g/mol. The minimum absolute atomic E-state index is 0.129. The van der Waals surface area contributed by atoms with Gasteiger partial charge in [-0.2, -0.15) is 0 Å². The molecule has 6 heteroatoms. The van der Waals surface area contributed by atoms with Gasteiger partial charge in [0.15, 0.2) is 0 Å². The summed E-state index contributed by atoms with van der Waals surface area (Å²) in [6.45, 7) is 0.996. The number of carbonyl (C=O) groups excluding carboxylic acids is 1. The van der Waals surface area contributed by atoms with Gasteiger partial charge in [0, 0.05) is 18.8 Å². The summed E-state index contributed by atoms with van der Waals surface area (Å²) in [5, 5.41) is 12.9. The molecule has 1 heterocycles. The van der Waals surface area contributed by atoms with E-state index in [9.17, 15) is 9.59 Å². The molecule has 4 rings (SSSR count). The Labute approximate surface area is 179 Å². The first-order valence-electron chi connectivity index (χ1n) is 9.93. The summed E-state index contributed by atoms with van der Waals surface area (Å²) in [5.41, 5.74) is 3.08. The van der Waals surface area contributed by atoms with Crippen molar-refractivity contribution in [1.29, 1.82) is 0 Å². The number of rotatable bonds is 8. The predicted octanol–water partition coefficient (Wildman–Crippen LogP) is 4.23. The summed E-state index contributed by atoms with van der Waals surface area (Å²) in [6, 6.07) is 24.2. The van der Waals surface area contributed by atoms with Crippen molar-refractivity contribution in [3.63, 3.8) is 0 Å². The number of hydrogen-bond acceptors (Lipinski definition) is 3. The fraction of sp³-hybridized carbons (Fsp3) is 0.120. The van der Waals surface area contributed by atoms with Crippen molar-refractivity contribution >= 4 is 22.8 Å². The molecule has 6 nitrogen and oxygen atoms in total. The normalized spacial score (nSPS) is 10.7. The van der Waals surface area contributed by atoms with Crippen LogP contribution in [0.4, 0.5) is 0 Å². The van der Waals surface area contributed by atoms with Gasteiger partial charge in [0.25, 0.3) is 0 Å². The molecule has 0 aliphatic rings. The van der Waals surface area contributed by atoms with E-state index in [1.54, 1.807) is 12.1 Å². The van der Waals surface area contributed by atoms with Crippen molar-refractivity contribution in [3.05, 3.63) is 102 Å². The molecule has 4 aromatic rings. The summed E-state index contributed by atoms with van der Waals surface area (Å²) < 4.78 is 7.79. The van der Waals surface area contributed by atoms with Gasteiger partial charge < -0.3 is 19.7 Å². The first-order chi connectivity index (χ1) is 15.1. The van der Waals surface area contributed by atoms with Crippen molar-refractivity contribution in [2.24, 2.45) is 0 Å². The van der Waals surface area contributed by atoms with Crippen LogP contribution in [0.1, 0.15) is 21.5 Å². The number of aromatic nitrogens is 1. The fourth-order valence-corrected chi connectivity index (χ4v) is 3.31. The highest BCUT2D eigenvalue weighted by Gasteiger charge is 2.08. The highest BCUT2D eigenvalue weighted by molar-refractivity contribution is 5.87. The van der Waals surface area contributed by atoms with Gasteiger partial charge in [0.2, 0.25) is 5.91 Å². The van der Waals surface area contributed by atoms with Crippen LogP contribution in [0.15, 0.2) is 85.1 Å². The molecule has 2 N–H and O–H groups in total. The molecule has 0 saturated carbocycles. The van der Waals surface area contributed by atoms with Crippen molar-refractivity contribution < 1.29 is 19.4 Å². The molecule has 31 heavy (non-hydrogen) atoms. The number of benzene rings is 3. The Bertz CT molecular complexity index is 1200. The van der Waals surface area contributed by atoms with E-state index in [1.165, 1.54) is 12.1 Å². The van der Waals surface area contributed by atoms with Gasteiger partial charge in [0.1, 0.15) is 18.9 Å². The third-order valence-corrected chi connectivity index (χ3v) is 5.00. The maximum atomic E-state index is 12.4. The molecule has 0 unspecified atom stereocenters. The van der Waals surface area contributed by atoms with Crippen LogP contribution < -0.4 is 10.1 Å². The second-order valence-electron chi connectivity index (χ2n) is 7.22. The Hall–Kier alpha value is -4.06. The third kappa shape index (κ3) is 5.11. The summed E-state index contributed by atoms with van der Waals surface area (Å²) in [4.78, 5) is 23.4. The SMILES string of the molecule is O=C(Cn1ccc2ccc(OCc3ccccc3)cc21)NCc1ccc(C(=O)O)cc1. The maximum absolute atomic E-state index is 12.4. The number of aromatic carboxylic acids is 1. The molecule has 156 valence electrons. The highest BCUT2D eigenvalue weighted by Crippen LogP contribution is 2.23. The van der Waals surface area contributed by atoms with E-state index >= 15 is 0 Å². The van der Waals surface area contributed by atoms with Crippen LogP contribution in [0.25, 0.3) is 10.9 Å². The lowest BCUT2D eigenvalue weighted by atomic mass is 10.1. The molecule has 0 bridgehead atoms. The number of hydrogen-bond donors (Lipinski definition) is 2. The van der Waals surface area contributed by atoms with E-state index in [1.807, 2.05) is 65.4 Å². The van der Waals surface area contributed by atoms with Crippen molar-refractivity contribution in [1.82, 2.24) is 9.88 Å². The zero-order chi connectivity index (χ0) is 21.6. The lowest BCUT2D eigenvalue weighted by Gasteiger charge is -2.10. The Kier molecular flexibility index (Phi) is 5.98. The minimum Gasteiger partial charge on any atom is -0.489 e. The standard InChI is InChI=1S/C25H22N2O4/c28-24(26-15-18-6-8-21(9-7-18)25(29)30)16-27-13-12-20-10-11-22(14-23(20)27)31-17-19-4-2-1-3-5-19/h1-14H,15-17H2,(H,26,28)(H,29,30). The van der Waals surface area contributed by atoms with Gasteiger partial charge in [-0.1, -0.05) is 42.5 Å². The maximum Gasteiger partial charge on any atom is 0.335 e. The first kappa shape index (κ1) is 20.2. The van der Waals surface area contributed by atoms with Gasteiger partial charge in [-0.05, 0) is 46.8 Å². The molecule has 0 spiro atoms. The van der Waals surface area contributed by atoms with Crippen LogP contribution in [-0.4, -0.2) is 21.6 Å². The van der Waals surface area contributed by atoms with Crippen LogP contribution in [-0.2, 0) is 24.5 Å². The average Bonchev–Trinajstić information content (AvgIpc) is 3.19. The zero-order valence-corrected chi connectivity index (χ0v) is 16.8. The number of amides is 1. The number of nitrogens with one attached hydrogen (secondary N) is 1. The van der Waals surface area contributed by atoms with Crippen LogP contribution >= 0.6 is 0 Å². The molecule has 0 saturated heterocycles. The number of ether oxygens (including phenoxy) is 1. The van der Waals surface area contributed by atoms with Crippen molar-refractivity contribution in [2.75, 3.05) is 0 Å². The summed E-state index contributed by atoms with van der Waals surface area (Å²) >= 11 is 0. The van der Waals surface area contributed by atoms with Crippen LogP contribution in [0.3, 0.4) is 0 Å². The average molecular weight is 414 g/mol. The lowest BCUT2D eigenvalue weighted by molar-refractivity contribution is -0.121. The summed E-state index contributed by atoms with van der Waals surface area (Å²) in [5.74, 6) is -0.354. The van der Waals surface area contributed by atoms with Gasteiger partial charge >= 0.3 is 5.97 Å². The van der Waals surface area contributed by atoms with Gasteiger partial charge in [-0.3, -0.25) is 4.79 Å². The van der Waals surface area contributed by atoms with E-state index in [0.717, 1.165) is 27.8 Å². The fourth-order valence-electron chi connectivity index (χ4n) is 3.31. The van der Waals surface area contributed by atoms with Gasteiger partial charge in [-0.25, -0.2) is 4.79 Å². The molecule has 0 aliphatic heterocycles. The largest absolute Gasteiger partial charge is 0.489 e. The summed E-state index contributed by atoms with van der Waals surface area (Å²) in [7, 11) is 0. The zero-order valence-electron chi connectivity index (χ0n) is 16.8. The molecule has 0 radical (unpaired) electrons. The molecule has 0 aliphatic carbocycles. The predicted molar refractivity (Wildman–Crippen MR) is 118 cm³/mol. The summed E-state index contributed by atoms with van der Waals surface area (Å²) in [6.07, 6.45) is 1.88. The number of nitrogens with zero attached hydrogens (tertiary/aromatic N) is 1. The third-order valence-electron chi connectivity index (χ3n) is 5.00. The number of carbonyl (C=O) groups is 2. The van der Waals surface area contributed by atoms with E-state index < -0.39 is 5.97 Å². The monoisotopic (exact) mass is 414 g/mol. The van der Waals surface area contributed by atoms with Gasteiger partial charge in [0.05, 0.1) is 11.1 Å². The Morgan fingerprint density at radius 3 is 2.42 bits per heavy atom. The topological polar surface area (TPSA) is 80.6 Å². The Morgan fingerprint density at radius 1 is 0.903 bits per heavy atom.